The molecular formula is C25H31N5O2. The summed E-state index contributed by atoms with van der Waals surface area (Å²) in [6, 6.07) is 12.4. The van der Waals surface area contributed by atoms with Crippen molar-refractivity contribution in [2.75, 3.05) is 39.4 Å². The standard InChI is InChI=1S/C25H31N5O2/c1-18-12-19(2)14-21(13-18)16-30-17-24(27-28-30)22-5-4-20(3)23(15-22)25(31)26-6-7-29-8-10-32-11-9-29/h4-5,12-15,17H,6-11,16H2,1-3H3,(H,26,31). The van der Waals surface area contributed by atoms with Gasteiger partial charge in [0.2, 0.25) is 0 Å². The van der Waals surface area contributed by atoms with Crippen molar-refractivity contribution in [1.82, 2.24) is 25.2 Å². The topological polar surface area (TPSA) is 72.3 Å². The van der Waals surface area contributed by atoms with Crippen LogP contribution in [0.1, 0.15) is 32.6 Å². The van der Waals surface area contributed by atoms with E-state index in [1.165, 1.54) is 16.7 Å². The predicted octanol–water partition coefficient (Wildman–Crippen LogP) is 2.98. The van der Waals surface area contributed by atoms with Crippen LogP contribution >= 0.6 is 0 Å². The van der Waals surface area contributed by atoms with E-state index in [0.717, 1.165) is 49.7 Å². The number of benzene rings is 2. The predicted molar refractivity (Wildman–Crippen MR) is 125 cm³/mol. The number of hydrogen-bond donors (Lipinski definition) is 1. The molecule has 0 aliphatic carbocycles. The van der Waals surface area contributed by atoms with Gasteiger partial charge in [-0.2, -0.15) is 0 Å². The van der Waals surface area contributed by atoms with Crippen molar-refractivity contribution in [3.05, 3.63) is 70.4 Å². The van der Waals surface area contributed by atoms with Crippen molar-refractivity contribution in [2.24, 2.45) is 0 Å². The lowest BCUT2D eigenvalue weighted by molar-refractivity contribution is 0.0383. The maximum atomic E-state index is 12.8. The number of morpholine rings is 1. The van der Waals surface area contributed by atoms with Gasteiger partial charge in [-0.15, -0.1) is 5.10 Å². The van der Waals surface area contributed by atoms with Crippen LogP contribution in [0, 0.1) is 20.8 Å². The Balaban J connectivity index is 1.42. The van der Waals surface area contributed by atoms with Gasteiger partial charge in [-0.1, -0.05) is 46.7 Å². The van der Waals surface area contributed by atoms with Crippen molar-refractivity contribution in [2.45, 2.75) is 27.3 Å². The van der Waals surface area contributed by atoms with Crippen molar-refractivity contribution >= 4 is 5.91 Å². The van der Waals surface area contributed by atoms with Crippen LogP contribution in [-0.2, 0) is 11.3 Å². The van der Waals surface area contributed by atoms with Crippen molar-refractivity contribution in [1.29, 1.82) is 0 Å². The van der Waals surface area contributed by atoms with Gasteiger partial charge < -0.3 is 10.1 Å². The summed E-state index contributed by atoms with van der Waals surface area (Å²) in [5, 5.41) is 11.7. The van der Waals surface area contributed by atoms with E-state index in [0.29, 0.717) is 18.7 Å². The molecule has 32 heavy (non-hydrogen) atoms. The van der Waals surface area contributed by atoms with E-state index in [1.54, 1.807) is 0 Å². The number of aromatic nitrogens is 3. The Bertz CT molecular complexity index is 1070. The summed E-state index contributed by atoms with van der Waals surface area (Å²) in [4.78, 5) is 15.1. The van der Waals surface area contributed by atoms with E-state index >= 15 is 0 Å². The molecule has 4 rings (SSSR count). The molecule has 168 valence electrons. The molecule has 2 aromatic carbocycles. The fraction of sp³-hybridized carbons (Fsp3) is 0.400. The fourth-order valence-corrected chi connectivity index (χ4v) is 4.13. The Labute approximate surface area is 189 Å². The van der Waals surface area contributed by atoms with Gasteiger partial charge in [-0.25, -0.2) is 4.68 Å². The zero-order valence-electron chi connectivity index (χ0n) is 19.1. The Kier molecular flexibility index (Phi) is 6.97. The summed E-state index contributed by atoms with van der Waals surface area (Å²) >= 11 is 0. The van der Waals surface area contributed by atoms with Crippen LogP contribution in [0.25, 0.3) is 11.3 Å². The molecule has 0 bridgehead atoms. The Morgan fingerprint density at radius 1 is 1.06 bits per heavy atom. The first kappa shape index (κ1) is 22.2. The number of hydrogen-bond acceptors (Lipinski definition) is 5. The fourth-order valence-electron chi connectivity index (χ4n) is 4.13. The number of ether oxygens (including phenoxy) is 1. The smallest absolute Gasteiger partial charge is 0.251 e. The number of nitrogens with one attached hydrogen (secondary N) is 1. The van der Waals surface area contributed by atoms with Crippen LogP contribution in [-0.4, -0.2) is 65.2 Å². The number of aryl methyl sites for hydroxylation is 3. The lowest BCUT2D eigenvalue weighted by Gasteiger charge is -2.26. The molecule has 1 saturated heterocycles. The maximum absolute atomic E-state index is 12.8. The first-order valence-electron chi connectivity index (χ1n) is 11.1. The SMILES string of the molecule is Cc1cc(C)cc(Cn2cc(-c3ccc(C)c(C(=O)NCCN4CCOCC4)c3)nn2)c1. The Morgan fingerprint density at radius 2 is 1.81 bits per heavy atom. The van der Waals surface area contributed by atoms with E-state index in [-0.39, 0.29) is 5.91 Å². The molecule has 1 aromatic heterocycles. The van der Waals surface area contributed by atoms with Gasteiger partial charge in [-0.05, 0) is 38.0 Å². The van der Waals surface area contributed by atoms with Gasteiger partial charge in [0.15, 0.2) is 0 Å². The third kappa shape index (κ3) is 5.60. The van der Waals surface area contributed by atoms with E-state index in [2.05, 4.69) is 52.6 Å². The highest BCUT2D eigenvalue weighted by Crippen LogP contribution is 2.21. The molecule has 0 unspecified atom stereocenters. The number of nitrogens with zero attached hydrogens (tertiary/aromatic N) is 4. The molecule has 7 heteroatoms. The molecular weight excluding hydrogens is 402 g/mol. The van der Waals surface area contributed by atoms with Crippen LogP contribution in [0.3, 0.4) is 0 Å². The van der Waals surface area contributed by atoms with Crippen molar-refractivity contribution < 1.29 is 9.53 Å². The number of rotatable bonds is 7. The molecule has 2 heterocycles. The van der Waals surface area contributed by atoms with Gasteiger partial charge in [0.1, 0.15) is 5.69 Å². The number of amides is 1. The van der Waals surface area contributed by atoms with Gasteiger partial charge in [0, 0.05) is 37.3 Å². The van der Waals surface area contributed by atoms with E-state index in [1.807, 2.05) is 36.0 Å². The minimum absolute atomic E-state index is 0.0553. The first-order valence-corrected chi connectivity index (χ1v) is 11.1. The van der Waals surface area contributed by atoms with Gasteiger partial charge in [0.05, 0.1) is 26.0 Å². The molecule has 1 aliphatic heterocycles. The summed E-state index contributed by atoms with van der Waals surface area (Å²) in [7, 11) is 0. The lowest BCUT2D eigenvalue weighted by atomic mass is 10.0. The highest BCUT2D eigenvalue weighted by Gasteiger charge is 2.14. The Morgan fingerprint density at radius 3 is 2.56 bits per heavy atom. The van der Waals surface area contributed by atoms with E-state index in [9.17, 15) is 4.79 Å². The van der Waals surface area contributed by atoms with E-state index in [4.69, 9.17) is 4.74 Å². The Hall–Kier alpha value is -3.03. The lowest BCUT2D eigenvalue weighted by Crippen LogP contribution is -2.41. The third-order valence-electron chi connectivity index (χ3n) is 5.76. The van der Waals surface area contributed by atoms with Crippen LogP contribution in [0.5, 0.6) is 0 Å². The second-order valence-corrected chi connectivity index (χ2v) is 8.54. The average Bonchev–Trinajstić information content (AvgIpc) is 3.22. The second-order valence-electron chi connectivity index (χ2n) is 8.54. The van der Waals surface area contributed by atoms with Crippen molar-refractivity contribution in [3.8, 4) is 11.3 Å². The van der Waals surface area contributed by atoms with Gasteiger partial charge in [-0.3, -0.25) is 9.69 Å². The van der Waals surface area contributed by atoms with Crippen LogP contribution < -0.4 is 5.32 Å². The van der Waals surface area contributed by atoms with Crippen LogP contribution in [0.2, 0.25) is 0 Å². The molecule has 0 saturated carbocycles. The minimum Gasteiger partial charge on any atom is -0.379 e. The molecule has 0 radical (unpaired) electrons. The second kappa shape index (κ2) is 10.1. The van der Waals surface area contributed by atoms with Crippen molar-refractivity contribution in [3.63, 3.8) is 0 Å². The summed E-state index contributed by atoms with van der Waals surface area (Å²) in [5.74, 6) is -0.0553. The van der Waals surface area contributed by atoms with Gasteiger partial charge in [0.25, 0.3) is 5.91 Å². The largest absolute Gasteiger partial charge is 0.379 e. The third-order valence-corrected chi connectivity index (χ3v) is 5.76. The zero-order chi connectivity index (χ0) is 22.5. The molecule has 3 aromatic rings. The zero-order valence-corrected chi connectivity index (χ0v) is 19.1. The summed E-state index contributed by atoms with van der Waals surface area (Å²) in [6.07, 6.45) is 1.93. The normalized spacial score (nSPS) is 14.5. The molecule has 0 atom stereocenters. The molecule has 0 spiro atoms. The van der Waals surface area contributed by atoms with Gasteiger partial charge >= 0.3 is 0 Å². The number of carbonyl (C=O) groups is 1. The monoisotopic (exact) mass is 433 g/mol. The first-order chi connectivity index (χ1) is 15.5. The molecule has 7 nitrogen and oxygen atoms in total. The molecule has 1 amide bonds. The quantitative estimate of drug-likeness (QED) is 0.620. The average molecular weight is 434 g/mol. The summed E-state index contributed by atoms with van der Waals surface area (Å²) in [5.41, 5.74) is 6.94. The minimum atomic E-state index is -0.0553. The molecule has 1 aliphatic rings. The maximum Gasteiger partial charge on any atom is 0.251 e. The molecule has 1 fully saturated rings. The summed E-state index contributed by atoms with van der Waals surface area (Å²) < 4.78 is 7.21. The molecule has 1 N–H and O–H groups in total. The highest BCUT2D eigenvalue weighted by atomic mass is 16.5. The van der Waals surface area contributed by atoms with Crippen LogP contribution in [0.4, 0.5) is 0 Å². The van der Waals surface area contributed by atoms with Crippen LogP contribution in [0.15, 0.2) is 42.6 Å². The highest BCUT2D eigenvalue weighted by molar-refractivity contribution is 5.96. The number of carbonyl (C=O) groups excluding carboxylic acids is 1. The van der Waals surface area contributed by atoms with E-state index < -0.39 is 0 Å². The summed E-state index contributed by atoms with van der Waals surface area (Å²) in [6.45, 7) is 11.6.